The molecular formula is C18H17ClN2O2S. The van der Waals surface area contributed by atoms with E-state index in [0.717, 1.165) is 16.6 Å². The van der Waals surface area contributed by atoms with Gasteiger partial charge in [-0.05, 0) is 42.3 Å². The van der Waals surface area contributed by atoms with Crippen LogP contribution in [-0.4, -0.2) is 17.1 Å². The first-order valence-electron chi connectivity index (χ1n) is 7.62. The van der Waals surface area contributed by atoms with Crippen molar-refractivity contribution in [3.8, 4) is 5.75 Å². The first-order valence-corrected chi connectivity index (χ1v) is 8.81. The van der Waals surface area contributed by atoms with Gasteiger partial charge in [-0.15, -0.1) is 0 Å². The standard InChI is InChI=1S/C18H17ClN2O2S/c1-3-12-5-4-6-15-17(12)21(2)18(24-15)20-16(22)11-23-14-9-7-13(19)8-10-14/h4-10H,3,11H2,1-2H3. The lowest BCUT2D eigenvalue weighted by atomic mass is 10.1. The largest absolute Gasteiger partial charge is 0.484 e. The van der Waals surface area contributed by atoms with E-state index in [0.29, 0.717) is 15.6 Å². The number of para-hydroxylation sites is 1. The number of hydrogen-bond acceptors (Lipinski definition) is 3. The third-order valence-corrected chi connectivity index (χ3v) is 5.03. The summed E-state index contributed by atoms with van der Waals surface area (Å²) in [7, 11) is 1.93. The number of carbonyl (C=O) groups excluding carboxylic acids is 1. The number of aryl methyl sites for hydroxylation is 2. The zero-order valence-electron chi connectivity index (χ0n) is 13.5. The predicted molar refractivity (Wildman–Crippen MR) is 97.7 cm³/mol. The quantitative estimate of drug-likeness (QED) is 0.706. The fraction of sp³-hybridized carbons (Fsp3) is 0.222. The molecule has 0 fully saturated rings. The van der Waals surface area contributed by atoms with Gasteiger partial charge in [0, 0.05) is 12.1 Å². The third kappa shape index (κ3) is 3.52. The second kappa shape index (κ2) is 7.20. The maximum absolute atomic E-state index is 12.1. The van der Waals surface area contributed by atoms with E-state index < -0.39 is 0 Å². The van der Waals surface area contributed by atoms with Crippen LogP contribution in [0.3, 0.4) is 0 Å². The fourth-order valence-electron chi connectivity index (χ4n) is 2.49. The van der Waals surface area contributed by atoms with Gasteiger partial charge in [-0.2, -0.15) is 4.99 Å². The molecule has 24 heavy (non-hydrogen) atoms. The smallest absolute Gasteiger partial charge is 0.286 e. The van der Waals surface area contributed by atoms with Gasteiger partial charge in [-0.1, -0.05) is 42.0 Å². The number of carbonyl (C=O) groups is 1. The van der Waals surface area contributed by atoms with Crippen LogP contribution < -0.4 is 9.54 Å². The number of aromatic nitrogens is 1. The summed E-state index contributed by atoms with van der Waals surface area (Å²) < 4.78 is 8.55. The zero-order chi connectivity index (χ0) is 17.1. The Morgan fingerprint density at radius 2 is 2.00 bits per heavy atom. The number of hydrogen-bond donors (Lipinski definition) is 0. The van der Waals surface area contributed by atoms with Crippen molar-refractivity contribution in [3.63, 3.8) is 0 Å². The Hall–Kier alpha value is -2.11. The van der Waals surface area contributed by atoms with E-state index in [2.05, 4.69) is 18.0 Å². The summed E-state index contributed by atoms with van der Waals surface area (Å²) in [5, 5.41) is 0.627. The number of ether oxygens (including phenoxy) is 1. The van der Waals surface area contributed by atoms with E-state index in [1.165, 1.54) is 16.9 Å². The molecule has 0 unspecified atom stereocenters. The minimum atomic E-state index is -0.315. The maximum atomic E-state index is 12.1. The van der Waals surface area contributed by atoms with E-state index in [1.807, 2.05) is 23.7 Å². The molecule has 2 aromatic carbocycles. The second-order valence-corrected chi connectivity index (χ2v) is 6.75. The normalized spacial score (nSPS) is 11.9. The van der Waals surface area contributed by atoms with Gasteiger partial charge < -0.3 is 9.30 Å². The fourth-order valence-corrected chi connectivity index (χ4v) is 3.70. The lowest BCUT2D eigenvalue weighted by molar-refractivity contribution is -0.120. The number of rotatable bonds is 4. The van der Waals surface area contributed by atoms with Crippen molar-refractivity contribution < 1.29 is 9.53 Å². The molecule has 3 aromatic rings. The number of benzene rings is 2. The highest BCUT2D eigenvalue weighted by Crippen LogP contribution is 2.21. The number of thiazole rings is 1. The molecule has 124 valence electrons. The molecule has 3 rings (SSSR count). The Morgan fingerprint density at radius 1 is 1.25 bits per heavy atom. The van der Waals surface area contributed by atoms with Crippen molar-refractivity contribution in [1.29, 1.82) is 0 Å². The molecule has 1 heterocycles. The molecule has 6 heteroatoms. The molecule has 1 aromatic heterocycles. The minimum Gasteiger partial charge on any atom is -0.484 e. The molecule has 0 aliphatic heterocycles. The van der Waals surface area contributed by atoms with Crippen molar-refractivity contribution in [2.24, 2.45) is 12.0 Å². The van der Waals surface area contributed by atoms with Crippen molar-refractivity contribution in [2.45, 2.75) is 13.3 Å². The Bertz CT molecular complexity index is 942. The number of halogens is 1. The molecule has 0 atom stereocenters. The van der Waals surface area contributed by atoms with Crippen molar-refractivity contribution >= 4 is 39.1 Å². The van der Waals surface area contributed by atoms with Crippen molar-refractivity contribution in [2.75, 3.05) is 6.61 Å². The molecule has 0 radical (unpaired) electrons. The van der Waals surface area contributed by atoms with Gasteiger partial charge in [-0.3, -0.25) is 4.79 Å². The first-order chi connectivity index (χ1) is 11.6. The molecule has 0 spiro atoms. The van der Waals surface area contributed by atoms with Crippen LogP contribution in [0.25, 0.3) is 10.2 Å². The summed E-state index contributed by atoms with van der Waals surface area (Å²) in [6, 6.07) is 13.1. The molecule has 0 bridgehead atoms. The van der Waals surface area contributed by atoms with Crippen LogP contribution in [0.4, 0.5) is 0 Å². The van der Waals surface area contributed by atoms with Crippen LogP contribution in [0, 0.1) is 0 Å². The van der Waals surface area contributed by atoms with Crippen LogP contribution in [0.15, 0.2) is 47.5 Å². The Labute approximate surface area is 149 Å². The maximum Gasteiger partial charge on any atom is 0.286 e. The third-order valence-electron chi connectivity index (χ3n) is 3.68. The van der Waals surface area contributed by atoms with Gasteiger partial charge in [0.25, 0.3) is 5.91 Å². The van der Waals surface area contributed by atoms with Crippen molar-refractivity contribution in [1.82, 2.24) is 4.57 Å². The zero-order valence-corrected chi connectivity index (χ0v) is 15.0. The molecule has 4 nitrogen and oxygen atoms in total. The summed E-state index contributed by atoms with van der Waals surface area (Å²) in [5.74, 6) is 0.280. The first kappa shape index (κ1) is 16.7. The highest BCUT2D eigenvalue weighted by Gasteiger charge is 2.08. The van der Waals surface area contributed by atoms with Gasteiger partial charge in [0.1, 0.15) is 5.75 Å². The van der Waals surface area contributed by atoms with Gasteiger partial charge in [-0.25, -0.2) is 0 Å². The summed E-state index contributed by atoms with van der Waals surface area (Å²) in [5.41, 5.74) is 2.38. The van der Waals surface area contributed by atoms with Gasteiger partial charge in [0.15, 0.2) is 11.4 Å². The highest BCUT2D eigenvalue weighted by molar-refractivity contribution is 7.16. The summed E-state index contributed by atoms with van der Waals surface area (Å²) in [4.78, 5) is 17.0. The molecule has 0 aliphatic carbocycles. The van der Waals surface area contributed by atoms with Gasteiger partial charge in [0.2, 0.25) is 0 Å². The average Bonchev–Trinajstić information content (AvgIpc) is 2.90. The van der Waals surface area contributed by atoms with E-state index in [1.54, 1.807) is 24.3 Å². The minimum absolute atomic E-state index is 0.101. The van der Waals surface area contributed by atoms with Gasteiger partial charge >= 0.3 is 0 Å². The molecular weight excluding hydrogens is 344 g/mol. The summed E-state index contributed by atoms with van der Waals surface area (Å²) in [6.07, 6.45) is 0.939. The lowest BCUT2D eigenvalue weighted by Gasteiger charge is -2.03. The SMILES string of the molecule is CCc1cccc2sc(=NC(=O)COc3ccc(Cl)cc3)n(C)c12. The lowest BCUT2D eigenvalue weighted by Crippen LogP contribution is -2.17. The number of fused-ring (bicyclic) bond motifs is 1. The Morgan fingerprint density at radius 3 is 2.71 bits per heavy atom. The Balaban J connectivity index is 1.83. The highest BCUT2D eigenvalue weighted by atomic mass is 35.5. The van der Waals surface area contributed by atoms with Crippen LogP contribution >= 0.6 is 22.9 Å². The molecule has 0 N–H and O–H groups in total. The van der Waals surface area contributed by atoms with Crippen LogP contribution in [0.5, 0.6) is 5.75 Å². The van der Waals surface area contributed by atoms with E-state index >= 15 is 0 Å². The van der Waals surface area contributed by atoms with Crippen LogP contribution in [0.1, 0.15) is 12.5 Å². The molecule has 0 saturated carbocycles. The summed E-state index contributed by atoms with van der Waals surface area (Å²) in [6.45, 7) is 2.02. The predicted octanol–water partition coefficient (Wildman–Crippen LogP) is 3.96. The average molecular weight is 361 g/mol. The number of amides is 1. The van der Waals surface area contributed by atoms with E-state index in [9.17, 15) is 4.79 Å². The molecule has 1 amide bonds. The molecule has 0 saturated heterocycles. The Kier molecular flexibility index (Phi) is 5.02. The number of nitrogens with zero attached hydrogens (tertiary/aromatic N) is 2. The summed E-state index contributed by atoms with van der Waals surface area (Å²) >= 11 is 7.33. The van der Waals surface area contributed by atoms with Gasteiger partial charge in [0.05, 0.1) is 10.2 Å². The second-order valence-electron chi connectivity index (χ2n) is 5.31. The van der Waals surface area contributed by atoms with E-state index in [4.69, 9.17) is 16.3 Å². The molecule has 0 aliphatic rings. The van der Waals surface area contributed by atoms with Crippen LogP contribution in [-0.2, 0) is 18.3 Å². The van der Waals surface area contributed by atoms with Crippen molar-refractivity contribution in [3.05, 3.63) is 57.9 Å². The monoisotopic (exact) mass is 360 g/mol. The van der Waals surface area contributed by atoms with Crippen LogP contribution in [0.2, 0.25) is 5.02 Å². The van der Waals surface area contributed by atoms with E-state index in [-0.39, 0.29) is 12.5 Å². The topological polar surface area (TPSA) is 43.6 Å².